The van der Waals surface area contributed by atoms with Crippen molar-refractivity contribution in [3.63, 3.8) is 0 Å². The third-order valence-electron chi connectivity index (χ3n) is 5.41. The fourth-order valence-corrected chi connectivity index (χ4v) is 3.81. The first kappa shape index (κ1) is 19.8. The molecule has 4 rings (SSSR count). The number of hydrogen-bond donors (Lipinski definition) is 0. The maximum Gasteiger partial charge on any atom is 0.254 e. The van der Waals surface area contributed by atoms with E-state index >= 15 is 0 Å². The van der Waals surface area contributed by atoms with Crippen LogP contribution in [0.3, 0.4) is 0 Å². The minimum Gasteiger partial charge on any atom is -0.370 e. The van der Waals surface area contributed by atoms with Crippen molar-refractivity contribution in [2.45, 2.75) is 6.42 Å². The van der Waals surface area contributed by atoms with Gasteiger partial charge in [0.05, 0.1) is 5.56 Å². The zero-order valence-corrected chi connectivity index (χ0v) is 16.6. The van der Waals surface area contributed by atoms with E-state index in [4.69, 9.17) is 0 Å². The van der Waals surface area contributed by atoms with Crippen LogP contribution < -0.4 is 4.90 Å². The van der Waals surface area contributed by atoms with Crippen LogP contribution in [0.1, 0.15) is 32.7 Å². The molecule has 0 radical (unpaired) electrons. The van der Waals surface area contributed by atoms with Crippen LogP contribution in [0.15, 0.2) is 78.9 Å². The number of carbonyl (C=O) groups excluding carboxylic acids is 2. The van der Waals surface area contributed by atoms with Crippen molar-refractivity contribution in [2.75, 3.05) is 31.1 Å². The van der Waals surface area contributed by atoms with Crippen LogP contribution in [0.4, 0.5) is 10.1 Å². The van der Waals surface area contributed by atoms with Crippen molar-refractivity contribution < 1.29 is 14.0 Å². The monoisotopic (exact) mass is 402 g/mol. The lowest BCUT2D eigenvalue weighted by Crippen LogP contribution is -2.36. The van der Waals surface area contributed by atoms with Crippen LogP contribution in [0.2, 0.25) is 0 Å². The van der Waals surface area contributed by atoms with Crippen molar-refractivity contribution in [2.24, 2.45) is 0 Å². The van der Waals surface area contributed by atoms with Gasteiger partial charge in [-0.1, -0.05) is 48.5 Å². The average molecular weight is 402 g/mol. The minimum absolute atomic E-state index is 0.129. The SMILES string of the molecule is O=C(c1ccccc1)c1ccccc1C(=O)N1CCCN(c2ccc(F)cc2)CC1. The number of halogens is 1. The van der Waals surface area contributed by atoms with Crippen molar-refractivity contribution in [3.8, 4) is 0 Å². The molecule has 5 heteroatoms. The van der Waals surface area contributed by atoms with Gasteiger partial charge in [-0.05, 0) is 36.8 Å². The maximum absolute atomic E-state index is 13.3. The molecule has 4 nitrogen and oxygen atoms in total. The number of hydrogen-bond acceptors (Lipinski definition) is 3. The van der Waals surface area contributed by atoms with E-state index in [9.17, 15) is 14.0 Å². The molecule has 1 heterocycles. The van der Waals surface area contributed by atoms with Gasteiger partial charge in [0.25, 0.3) is 5.91 Å². The first-order valence-corrected chi connectivity index (χ1v) is 10.1. The minimum atomic E-state index is -0.259. The Morgan fingerprint density at radius 1 is 0.700 bits per heavy atom. The van der Waals surface area contributed by atoms with Gasteiger partial charge < -0.3 is 9.80 Å². The van der Waals surface area contributed by atoms with Crippen molar-refractivity contribution in [1.82, 2.24) is 4.90 Å². The number of benzene rings is 3. The van der Waals surface area contributed by atoms with Crippen molar-refractivity contribution >= 4 is 17.4 Å². The summed E-state index contributed by atoms with van der Waals surface area (Å²) < 4.78 is 13.2. The predicted octanol–water partition coefficient (Wildman–Crippen LogP) is 4.41. The van der Waals surface area contributed by atoms with Gasteiger partial charge in [0.1, 0.15) is 5.82 Å². The molecular weight excluding hydrogens is 379 g/mol. The summed E-state index contributed by atoms with van der Waals surface area (Å²) in [5.41, 5.74) is 2.37. The van der Waals surface area contributed by atoms with Crippen LogP contribution in [-0.2, 0) is 0 Å². The topological polar surface area (TPSA) is 40.6 Å². The number of anilines is 1. The van der Waals surface area contributed by atoms with E-state index in [1.807, 2.05) is 18.2 Å². The highest BCUT2D eigenvalue weighted by Crippen LogP contribution is 2.20. The predicted molar refractivity (Wildman–Crippen MR) is 115 cm³/mol. The van der Waals surface area contributed by atoms with Gasteiger partial charge >= 0.3 is 0 Å². The molecule has 0 spiro atoms. The van der Waals surface area contributed by atoms with E-state index in [0.29, 0.717) is 36.3 Å². The number of carbonyl (C=O) groups is 2. The molecule has 0 atom stereocenters. The number of ketones is 1. The third kappa shape index (κ3) is 4.25. The lowest BCUT2D eigenvalue weighted by molar-refractivity contribution is 0.0762. The van der Waals surface area contributed by atoms with Crippen LogP contribution in [0, 0.1) is 5.82 Å². The standard InChI is InChI=1S/C25H23FN2O2/c26-20-11-13-21(14-12-20)27-15-6-16-28(18-17-27)25(30)23-10-5-4-9-22(23)24(29)19-7-2-1-3-8-19/h1-5,7-14H,6,15-18H2. The summed E-state index contributed by atoms with van der Waals surface area (Å²) in [6.45, 7) is 2.61. The largest absolute Gasteiger partial charge is 0.370 e. The molecule has 0 N–H and O–H groups in total. The summed E-state index contributed by atoms with van der Waals surface area (Å²) in [5, 5.41) is 0. The van der Waals surface area contributed by atoms with Crippen LogP contribution >= 0.6 is 0 Å². The molecule has 30 heavy (non-hydrogen) atoms. The van der Waals surface area contributed by atoms with E-state index in [1.54, 1.807) is 53.4 Å². The molecule has 1 aliphatic heterocycles. The van der Waals surface area contributed by atoms with Gasteiger partial charge in [-0.15, -0.1) is 0 Å². The van der Waals surface area contributed by atoms with E-state index in [-0.39, 0.29) is 17.5 Å². The molecule has 0 aromatic heterocycles. The second-order valence-electron chi connectivity index (χ2n) is 7.35. The molecular formula is C25H23FN2O2. The first-order chi connectivity index (χ1) is 14.6. The Hall–Kier alpha value is -3.47. The summed E-state index contributed by atoms with van der Waals surface area (Å²) in [5.74, 6) is -0.539. The Bertz CT molecular complexity index is 1030. The molecule has 0 bridgehead atoms. The Labute approximate surface area is 175 Å². The molecule has 1 amide bonds. The fourth-order valence-electron chi connectivity index (χ4n) is 3.81. The van der Waals surface area contributed by atoms with E-state index in [2.05, 4.69) is 4.90 Å². The van der Waals surface area contributed by atoms with Gasteiger partial charge in [-0.3, -0.25) is 9.59 Å². The normalized spacial score (nSPS) is 14.3. The number of amides is 1. The lowest BCUT2D eigenvalue weighted by atomic mass is 9.97. The van der Waals surface area contributed by atoms with Gasteiger partial charge in [0.2, 0.25) is 0 Å². The summed E-state index contributed by atoms with van der Waals surface area (Å²) in [6.07, 6.45) is 0.803. The van der Waals surface area contributed by atoms with Gasteiger partial charge in [0.15, 0.2) is 5.78 Å². The molecule has 1 fully saturated rings. The van der Waals surface area contributed by atoms with E-state index in [0.717, 1.165) is 18.7 Å². The molecule has 1 saturated heterocycles. The fraction of sp³-hybridized carbons (Fsp3) is 0.200. The molecule has 0 aliphatic carbocycles. The zero-order chi connectivity index (χ0) is 20.9. The van der Waals surface area contributed by atoms with Crippen molar-refractivity contribution in [1.29, 1.82) is 0 Å². The second kappa shape index (κ2) is 8.91. The maximum atomic E-state index is 13.3. The quantitative estimate of drug-likeness (QED) is 0.607. The molecule has 3 aromatic carbocycles. The first-order valence-electron chi connectivity index (χ1n) is 10.1. The Morgan fingerprint density at radius 2 is 1.37 bits per heavy atom. The Morgan fingerprint density at radius 3 is 2.10 bits per heavy atom. The average Bonchev–Trinajstić information content (AvgIpc) is 3.05. The van der Waals surface area contributed by atoms with Crippen LogP contribution in [-0.4, -0.2) is 42.8 Å². The summed E-state index contributed by atoms with van der Waals surface area (Å²) in [7, 11) is 0. The summed E-state index contributed by atoms with van der Waals surface area (Å²) in [4.78, 5) is 30.2. The smallest absolute Gasteiger partial charge is 0.254 e. The highest BCUT2D eigenvalue weighted by molar-refractivity contribution is 6.15. The van der Waals surface area contributed by atoms with Gasteiger partial charge in [0, 0.05) is 43.0 Å². The molecule has 1 aliphatic rings. The van der Waals surface area contributed by atoms with Crippen LogP contribution in [0.5, 0.6) is 0 Å². The second-order valence-corrected chi connectivity index (χ2v) is 7.35. The van der Waals surface area contributed by atoms with Gasteiger partial charge in [-0.2, -0.15) is 0 Å². The highest BCUT2D eigenvalue weighted by Gasteiger charge is 2.24. The molecule has 0 saturated carbocycles. The lowest BCUT2D eigenvalue weighted by Gasteiger charge is -2.24. The zero-order valence-electron chi connectivity index (χ0n) is 16.6. The van der Waals surface area contributed by atoms with Crippen molar-refractivity contribution in [3.05, 3.63) is 101 Å². The van der Waals surface area contributed by atoms with E-state index in [1.165, 1.54) is 12.1 Å². The van der Waals surface area contributed by atoms with Crippen LogP contribution in [0.25, 0.3) is 0 Å². The number of nitrogens with zero attached hydrogens (tertiary/aromatic N) is 2. The van der Waals surface area contributed by atoms with Gasteiger partial charge in [-0.25, -0.2) is 4.39 Å². The Balaban J connectivity index is 1.52. The summed E-state index contributed by atoms with van der Waals surface area (Å²) in [6, 6.07) is 22.5. The summed E-state index contributed by atoms with van der Waals surface area (Å²) >= 11 is 0. The Kier molecular flexibility index (Phi) is 5.89. The van der Waals surface area contributed by atoms with E-state index < -0.39 is 0 Å². The molecule has 3 aromatic rings. The molecule has 0 unspecified atom stereocenters. The highest BCUT2D eigenvalue weighted by atomic mass is 19.1. The molecule has 152 valence electrons. The number of rotatable bonds is 4. The third-order valence-corrected chi connectivity index (χ3v) is 5.41.